The summed E-state index contributed by atoms with van der Waals surface area (Å²) < 4.78 is 0. The molecule has 1 aliphatic rings. The van der Waals surface area contributed by atoms with Crippen LogP contribution in [0.4, 0.5) is 0 Å². The Hall–Kier alpha value is -3.68. The number of benzene rings is 1. The van der Waals surface area contributed by atoms with E-state index in [9.17, 15) is 19.5 Å². The first-order chi connectivity index (χ1) is 13.8. The first kappa shape index (κ1) is 20.1. The predicted molar refractivity (Wildman–Crippen MR) is 105 cm³/mol. The summed E-state index contributed by atoms with van der Waals surface area (Å²) >= 11 is 0. The number of carbonyl (C=O) groups is 3. The second-order valence-corrected chi connectivity index (χ2v) is 6.76. The normalized spacial score (nSPS) is 14.1. The lowest BCUT2D eigenvalue weighted by atomic mass is 10.0. The highest BCUT2D eigenvalue weighted by Crippen LogP contribution is 2.22. The number of aliphatic hydroxyl groups excluding tert-OH is 1. The van der Waals surface area contributed by atoms with Crippen LogP contribution < -0.4 is 5.32 Å². The number of hydrogen-bond acceptors (Lipinski definition) is 5. The fourth-order valence-corrected chi connectivity index (χ4v) is 3.03. The van der Waals surface area contributed by atoms with Gasteiger partial charge in [0.1, 0.15) is 17.9 Å². The first-order valence-electron chi connectivity index (χ1n) is 9.08. The third-order valence-corrected chi connectivity index (χ3v) is 4.61. The Kier molecular flexibility index (Phi) is 5.92. The van der Waals surface area contributed by atoms with Gasteiger partial charge in [0.15, 0.2) is 0 Å². The Balaban J connectivity index is 1.70. The van der Waals surface area contributed by atoms with E-state index in [0.29, 0.717) is 0 Å². The molecule has 2 aromatic rings. The van der Waals surface area contributed by atoms with E-state index in [1.54, 1.807) is 6.20 Å². The van der Waals surface area contributed by atoms with Crippen molar-refractivity contribution in [2.75, 3.05) is 13.1 Å². The number of aliphatic hydroxyl groups is 1. The van der Waals surface area contributed by atoms with Crippen molar-refractivity contribution in [3.8, 4) is 11.1 Å². The summed E-state index contributed by atoms with van der Waals surface area (Å²) in [7, 11) is 0. The zero-order valence-corrected chi connectivity index (χ0v) is 15.9. The van der Waals surface area contributed by atoms with Crippen LogP contribution in [0.3, 0.4) is 0 Å². The third-order valence-electron chi connectivity index (χ3n) is 4.61. The van der Waals surface area contributed by atoms with E-state index in [4.69, 9.17) is 5.11 Å². The number of carboxylic acid groups (broad SMARTS) is 1. The molecule has 0 spiro atoms. The summed E-state index contributed by atoms with van der Waals surface area (Å²) in [5, 5.41) is 20.7. The standard InChI is InChI=1S/C21H21N3O5/c1-13-2-5-16(10-22-13)15-6-3-14(4-7-15)12-24-9-8-17(25)19(21(24)29)20(28)23-11-18(26)27/h2-7,10,25H,8-9,11-12H2,1H3,(H,23,28)(H,26,27). The monoisotopic (exact) mass is 395 g/mol. The summed E-state index contributed by atoms with van der Waals surface area (Å²) in [4.78, 5) is 41.1. The first-order valence-corrected chi connectivity index (χ1v) is 9.08. The smallest absolute Gasteiger partial charge is 0.322 e. The van der Waals surface area contributed by atoms with E-state index in [2.05, 4.69) is 10.3 Å². The predicted octanol–water partition coefficient (Wildman–Crippen LogP) is 1.80. The lowest BCUT2D eigenvalue weighted by Crippen LogP contribution is -2.43. The quantitative estimate of drug-likeness (QED) is 0.642. The molecule has 0 unspecified atom stereocenters. The zero-order valence-electron chi connectivity index (χ0n) is 15.9. The van der Waals surface area contributed by atoms with Crippen molar-refractivity contribution in [1.82, 2.24) is 15.2 Å². The van der Waals surface area contributed by atoms with Crippen molar-refractivity contribution >= 4 is 17.8 Å². The molecule has 3 N–H and O–H groups in total. The van der Waals surface area contributed by atoms with Crippen molar-refractivity contribution in [3.05, 3.63) is 65.2 Å². The van der Waals surface area contributed by atoms with E-state index < -0.39 is 29.9 Å². The van der Waals surface area contributed by atoms with Gasteiger partial charge in [0.05, 0.1) is 0 Å². The van der Waals surface area contributed by atoms with Crippen molar-refractivity contribution in [1.29, 1.82) is 0 Å². The molecule has 8 heteroatoms. The number of aliphatic carboxylic acids is 1. The van der Waals surface area contributed by atoms with E-state index >= 15 is 0 Å². The van der Waals surface area contributed by atoms with Gasteiger partial charge in [0, 0.05) is 37.0 Å². The number of hydrogen-bond donors (Lipinski definition) is 3. The Morgan fingerprint density at radius 1 is 1.14 bits per heavy atom. The van der Waals surface area contributed by atoms with E-state index in [-0.39, 0.29) is 25.3 Å². The van der Waals surface area contributed by atoms with Crippen LogP contribution in [-0.2, 0) is 20.9 Å². The minimum absolute atomic E-state index is 0.134. The number of amides is 2. The number of aromatic nitrogens is 1. The number of rotatable bonds is 6. The van der Waals surface area contributed by atoms with Gasteiger partial charge in [-0.3, -0.25) is 19.4 Å². The van der Waals surface area contributed by atoms with Crippen LogP contribution in [0, 0.1) is 6.92 Å². The highest BCUT2D eigenvalue weighted by Gasteiger charge is 2.32. The van der Waals surface area contributed by atoms with Gasteiger partial charge in [-0.25, -0.2) is 0 Å². The largest absolute Gasteiger partial charge is 0.511 e. The number of nitrogens with zero attached hydrogens (tertiary/aromatic N) is 2. The van der Waals surface area contributed by atoms with Gasteiger partial charge in [0.25, 0.3) is 11.8 Å². The molecule has 1 aromatic carbocycles. The topological polar surface area (TPSA) is 120 Å². The highest BCUT2D eigenvalue weighted by atomic mass is 16.4. The number of nitrogens with one attached hydrogen (secondary N) is 1. The van der Waals surface area contributed by atoms with Crippen LogP contribution in [0.1, 0.15) is 17.7 Å². The van der Waals surface area contributed by atoms with Gasteiger partial charge in [0.2, 0.25) is 0 Å². The molecule has 2 heterocycles. The summed E-state index contributed by atoms with van der Waals surface area (Å²) in [5.74, 6) is -3.07. The molecule has 0 atom stereocenters. The molecule has 29 heavy (non-hydrogen) atoms. The summed E-state index contributed by atoms with van der Waals surface area (Å²) in [5.41, 5.74) is 3.39. The molecule has 0 saturated carbocycles. The molecule has 0 bridgehead atoms. The lowest BCUT2D eigenvalue weighted by molar-refractivity contribution is -0.138. The molecule has 1 aromatic heterocycles. The van der Waals surface area contributed by atoms with Crippen molar-refractivity contribution in [2.45, 2.75) is 19.9 Å². The summed E-state index contributed by atoms with van der Waals surface area (Å²) in [6.45, 7) is 1.83. The van der Waals surface area contributed by atoms with Crippen LogP contribution in [0.5, 0.6) is 0 Å². The SMILES string of the molecule is Cc1ccc(-c2ccc(CN3CCC(O)=C(C(=O)NCC(=O)O)C3=O)cc2)cn1. The van der Waals surface area contributed by atoms with Crippen molar-refractivity contribution < 1.29 is 24.6 Å². The Labute approximate surface area is 167 Å². The Morgan fingerprint density at radius 3 is 2.45 bits per heavy atom. The maximum absolute atomic E-state index is 12.6. The number of aryl methyl sites for hydroxylation is 1. The summed E-state index contributed by atoms with van der Waals surface area (Å²) in [6.07, 6.45) is 1.93. The summed E-state index contributed by atoms with van der Waals surface area (Å²) in [6, 6.07) is 11.6. The molecule has 0 fully saturated rings. The van der Waals surface area contributed by atoms with E-state index in [1.165, 1.54) is 4.90 Å². The van der Waals surface area contributed by atoms with Gasteiger partial charge in [-0.05, 0) is 24.1 Å². The molecule has 0 aliphatic carbocycles. The Morgan fingerprint density at radius 2 is 1.83 bits per heavy atom. The molecule has 0 saturated heterocycles. The molecular formula is C21H21N3O5. The van der Waals surface area contributed by atoms with E-state index in [1.807, 2.05) is 43.3 Å². The second kappa shape index (κ2) is 8.55. The average molecular weight is 395 g/mol. The van der Waals surface area contributed by atoms with Crippen LogP contribution in [0.2, 0.25) is 0 Å². The maximum atomic E-state index is 12.6. The van der Waals surface area contributed by atoms with Gasteiger partial charge in [-0.15, -0.1) is 0 Å². The van der Waals surface area contributed by atoms with Gasteiger partial charge in [-0.1, -0.05) is 30.3 Å². The number of carboxylic acids is 1. The fourth-order valence-electron chi connectivity index (χ4n) is 3.03. The van der Waals surface area contributed by atoms with Crippen LogP contribution >= 0.6 is 0 Å². The second-order valence-electron chi connectivity index (χ2n) is 6.76. The van der Waals surface area contributed by atoms with Crippen LogP contribution in [0.15, 0.2) is 53.9 Å². The van der Waals surface area contributed by atoms with Gasteiger partial charge >= 0.3 is 5.97 Å². The molecule has 3 rings (SSSR count). The van der Waals surface area contributed by atoms with Crippen LogP contribution in [0.25, 0.3) is 11.1 Å². The molecule has 150 valence electrons. The van der Waals surface area contributed by atoms with Crippen molar-refractivity contribution in [3.63, 3.8) is 0 Å². The number of carbonyl (C=O) groups excluding carboxylic acids is 2. The minimum atomic E-state index is -1.23. The average Bonchev–Trinajstić information content (AvgIpc) is 2.70. The zero-order chi connectivity index (χ0) is 21.0. The lowest BCUT2D eigenvalue weighted by Gasteiger charge is -2.28. The van der Waals surface area contributed by atoms with E-state index in [0.717, 1.165) is 22.4 Å². The van der Waals surface area contributed by atoms with Crippen LogP contribution in [-0.4, -0.2) is 51.0 Å². The Bertz CT molecular complexity index is 965. The molecule has 1 aliphatic heterocycles. The minimum Gasteiger partial charge on any atom is -0.511 e. The molecule has 2 amide bonds. The third kappa shape index (κ3) is 4.78. The maximum Gasteiger partial charge on any atom is 0.322 e. The molecule has 0 radical (unpaired) electrons. The van der Waals surface area contributed by atoms with Gasteiger partial charge < -0.3 is 20.4 Å². The highest BCUT2D eigenvalue weighted by molar-refractivity contribution is 6.19. The van der Waals surface area contributed by atoms with Gasteiger partial charge in [-0.2, -0.15) is 0 Å². The number of pyridine rings is 1. The molecular weight excluding hydrogens is 374 g/mol. The molecule has 8 nitrogen and oxygen atoms in total. The van der Waals surface area contributed by atoms with Crippen molar-refractivity contribution in [2.24, 2.45) is 0 Å². The fraction of sp³-hybridized carbons (Fsp3) is 0.238.